The summed E-state index contributed by atoms with van der Waals surface area (Å²) in [5.41, 5.74) is 0.276. The van der Waals surface area contributed by atoms with Crippen LogP contribution >= 0.6 is 0 Å². The first-order valence-corrected chi connectivity index (χ1v) is 4.66. The van der Waals surface area contributed by atoms with Crippen molar-refractivity contribution in [1.29, 1.82) is 0 Å². The van der Waals surface area contributed by atoms with Crippen LogP contribution in [0.4, 0.5) is 0 Å². The van der Waals surface area contributed by atoms with Crippen LogP contribution in [0.1, 0.15) is 13.8 Å². The number of para-hydroxylation sites is 2. The molecule has 16 heavy (non-hydrogen) atoms. The van der Waals surface area contributed by atoms with E-state index in [4.69, 9.17) is 9.47 Å². The van der Waals surface area contributed by atoms with Crippen LogP contribution in [0.15, 0.2) is 36.4 Å². The van der Waals surface area contributed by atoms with E-state index in [1.807, 2.05) is 0 Å². The van der Waals surface area contributed by atoms with E-state index in [0.717, 1.165) is 0 Å². The van der Waals surface area contributed by atoms with Crippen LogP contribution in [0.25, 0.3) is 0 Å². The van der Waals surface area contributed by atoms with E-state index in [9.17, 15) is 9.59 Å². The van der Waals surface area contributed by atoms with Gasteiger partial charge in [0.25, 0.3) is 0 Å². The molecule has 0 N–H and O–H groups in total. The second kappa shape index (κ2) is 5.11. The SMILES string of the molecule is C=C(C)C(=O)Oc1ccccc1OC(C)=O. The van der Waals surface area contributed by atoms with Gasteiger partial charge in [-0.3, -0.25) is 4.79 Å². The molecule has 4 heteroatoms. The van der Waals surface area contributed by atoms with Gasteiger partial charge in [0.2, 0.25) is 0 Å². The van der Waals surface area contributed by atoms with Gasteiger partial charge in [-0.15, -0.1) is 0 Å². The van der Waals surface area contributed by atoms with Crippen LogP contribution in [-0.4, -0.2) is 11.9 Å². The molecule has 0 aliphatic carbocycles. The second-order valence-electron chi connectivity index (χ2n) is 3.21. The molecule has 0 aliphatic heterocycles. The van der Waals surface area contributed by atoms with E-state index >= 15 is 0 Å². The molecule has 1 aromatic rings. The first-order chi connectivity index (χ1) is 7.50. The third kappa shape index (κ3) is 3.24. The van der Waals surface area contributed by atoms with E-state index in [2.05, 4.69) is 6.58 Å². The van der Waals surface area contributed by atoms with Gasteiger partial charge < -0.3 is 9.47 Å². The van der Waals surface area contributed by atoms with Crippen LogP contribution < -0.4 is 9.47 Å². The Bertz CT molecular complexity index is 434. The molecule has 1 rings (SSSR count). The Hall–Kier alpha value is -2.10. The topological polar surface area (TPSA) is 52.6 Å². The van der Waals surface area contributed by atoms with Gasteiger partial charge in [0.15, 0.2) is 11.5 Å². The molecule has 0 amide bonds. The lowest BCUT2D eigenvalue weighted by atomic mass is 10.3. The molecule has 4 nitrogen and oxygen atoms in total. The molecule has 0 heterocycles. The molecule has 0 saturated heterocycles. The number of carbonyl (C=O) groups excluding carboxylic acids is 2. The zero-order chi connectivity index (χ0) is 12.1. The van der Waals surface area contributed by atoms with Crippen molar-refractivity contribution in [2.45, 2.75) is 13.8 Å². The zero-order valence-electron chi connectivity index (χ0n) is 9.15. The van der Waals surface area contributed by atoms with Gasteiger partial charge >= 0.3 is 11.9 Å². The Kier molecular flexibility index (Phi) is 3.83. The number of benzene rings is 1. The lowest BCUT2D eigenvalue weighted by Crippen LogP contribution is -2.10. The Morgan fingerprint density at radius 1 is 1.06 bits per heavy atom. The second-order valence-corrected chi connectivity index (χ2v) is 3.21. The zero-order valence-corrected chi connectivity index (χ0v) is 9.15. The Morgan fingerprint density at radius 3 is 2.00 bits per heavy atom. The van der Waals surface area contributed by atoms with Gasteiger partial charge in [-0.25, -0.2) is 4.79 Å². The molecule has 0 atom stereocenters. The summed E-state index contributed by atoms with van der Waals surface area (Å²) in [6.07, 6.45) is 0. The highest BCUT2D eigenvalue weighted by atomic mass is 16.6. The van der Waals surface area contributed by atoms with Crippen molar-refractivity contribution in [3.05, 3.63) is 36.4 Å². The van der Waals surface area contributed by atoms with E-state index in [1.54, 1.807) is 24.3 Å². The van der Waals surface area contributed by atoms with Gasteiger partial charge in [-0.1, -0.05) is 18.7 Å². The van der Waals surface area contributed by atoms with Gasteiger partial charge in [0.05, 0.1) is 0 Å². The molecule has 84 valence electrons. The fourth-order valence-corrected chi connectivity index (χ4v) is 0.961. The van der Waals surface area contributed by atoms with Crippen molar-refractivity contribution < 1.29 is 19.1 Å². The highest BCUT2D eigenvalue weighted by Crippen LogP contribution is 2.27. The first kappa shape index (κ1) is 12.0. The Balaban J connectivity index is 2.90. The van der Waals surface area contributed by atoms with Gasteiger partial charge in [-0.2, -0.15) is 0 Å². The first-order valence-electron chi connectivity index (χ1n) is 4.66. The fourth-order valence-electron chi connectivity index (χ4n) is 0.961. The summed E-state index contributed by atoms with van der Waals surface area (Å²) in [6.45, 7) is 6.27. The number of hydrogen-bond donors (Lipinski definition) is 0. The minimum atomic E-state index is -0.556. The number of carbonyl (C=O) groups is 2. The van der Waals surface area contributed by atoms with Crippen LogP contribution in [0.3, 0.4) is 0 Å². The molecule has 0 aliphatic rings. The van der Waals surface area contributed by atoms with Gasteiger partial charge in [0.1, 0.15) is 0 Å². The monoisotopic (exact) mass is 220 g/mol. The van der Waals surface area contributed by atoms with Crippen LogP contribution in [0.2, 0.25) is 0 Å². The quantitative estimate of drug-likeness (QED) is 0.444. The van der Waals surface area contributed by atoms with Crippen LogP contribution in [0, 0.1) is 0 Å². The summed E-state index contributed by atoms with van der Waals surface area (Å²) in [5.74, 6) is -0.617. The summed E-state index contributed by atoms with van der Waals surface area (Å²) < 4.78 is 9.87. The van der Waals surface area contributed by atoms with Gasteiger partial charge in [-0.05, 0) is 19.1 Å². The normalized spacial score (nSPS) is 9.38. The number of hydrogen-bond acceptors (Lipinski definition) is 4. The summed E-state index contributed by atoms with van der Waals surface area (Å²) >= 11 is 0. The maximum atomic E-state index is 11.3. The maximum absolute atomic E-state index is 11.3. The van der Waals surface area contributed by atoms with Crippen LogP contribution in [-0.2, 0) is 9.59 Å². The van der Waals surface area contributed by atoms with Crippen molar-refractivity contribution in [3.8, 4) is 11.5 Å². The van der Waals surface area contributed by atoms with Crippen molar-refractivity contribution >= 4 is 11.9 Å². The van der Waals surface area contributed by atoms with Crippen molar-refractivity contribution in [2.24, 2.45) is 0 Å². The van der Waals surface area contributed by atoms with Crippen molar-refractivity contribution in [1.82, 2.24) is 0 Å². The summed E-state index contributed by atoms with van der Waals surface area (Å²) in [4.78, 5) is 22.1. The van der Waals surface area contributed by atoms with E-state index in [0.29, 0.717) is 0 Å². The molecule has 0 bridgehead atoms. The summed E-state index contributed by atoms with van der Waals surface area (Å²) in [7, 11) is 0. The molecule has 0 unspecified atom stereocenters. The average molecular weight is 220 g/mol. The van der Waals surface area contributed by atoms with E-state index in [-0.39, 0.29) is 17.1 Å². The molecule has 1 aromatic carbocycles. The van der Waals surface area contributed by atoms with Crippen LogP contribution in [0.5, 0.6) is 11.5 Å². The predicted octanol–water partition coefficient (Wildman–Crippen LogP) is 2.09. The van der Waals surface area contributed by atoms with E-state index < -0.39 is 11.9 Å². The highest BCUT2D eigenvalue weighted by molar-refractivity contribution is 5.89. The molecule has 0 fully saturated rings. The Labute approximate surface area is 93.5 Å². The molecular formula is C12H12O4. The highest BCUT2D eigenvalue weighted by Gasteiger charge is 2.11. The smallest absolute Gasteiger partial charge is 0.338 e. The lowest BCUT2D eigenvalue weighted by Gasteiger charge is -2.08. The van der Waals surface area contributed by atoms with E-state index in [1.165, 1.54) is 13.8 Å². The summed E-state index contributed by atoms with van der Waals surface area (Å²) in [6, 6.07) is 6.44. The standard InChI is InChI=1S/C12H12O4/c1-8(2)12(14)16-11-7-5-4-6-10(11)15-9(3)13/h4-7H,1H2,2-3H3. The minimum absolute atomic E-state index is 0.200. The molecule has 0 radical (unpaired) electrons. The molecule has 0 spiro atoms. The fraction of sp³-hybridized carbons (Fsp3) is 0.167. The summed E-state index contributed by atoms with van der Waals surface area (Å²) in [5, 5.41) is 0. The average Bonchev–Trinajstić information content (AvgIpc) is 2.20. The number of rotatable bonds is 3. The number of esters is 2. The third-order valence-electron chi connectivity index (χ3n) is 1.65. The minimum Gasteiger partial charge on any atom is -0.423 e. The third-order valence-corrected chi connectivity index (χ3v) is 1.65. The lowest BCUT2D eigenvalue weighted by molar-refractivity contribution is -0.133. The predicted molar refractivity (Wildman–Crippen MR) is 58.2 cm³/mol. The molecule has 0 saturated carbocycles. The van der Waals surface area contributed by atoms with Crippen molar-refractivity contribution in [3.63, 3.8) is 0 Å². The Morgan fingerprint density at radius 2 is 1.56 bits per heavy atom. The maximum Gasteiger partial charge on any atom is 0.338 e. The molecule has 0 aromatic heterocycles. The van der Waals surface area contributed by atoms with Gasteiger partial charge in [0, 0.05) is 12.5 Å². The molecular weight excluding hydrogens is 208 g/mol. The largest absolute Gasteiger partial charge is 0.423 e. The van der Waals surface area contributed by atoms with Crippen molar-refractivity contribution in [2.75, 3.05) is 0 Å². The number of ether oxygens (including phenoxy) is 2.